The van der Waals surface area contributed by atoms with Crippen molar-refractivity contribution in [3.63, 3.8) is 0 Å². The normalized spacial score (nSPS) is 16.0. The Kier molecular flexibility index (Phi) is 4.28. The second kappa shape index (κ2) is 6.34. The summed E-state index contributed by atoms with van der Waals surface area (Å²) in [6.45, 7) is 0. The van der Waals surface area contributed by atoms with E-state index in [0.29, 0.717) is 5.92 Å². The Hall–Kier alpha value is -1.76. The summed E-state index contributed by atoms with van der Waals surface area (Å²) in [5.41, 5.74) is 0. The molecule has 1 aliphatic rings. The van der Waals surface area contributed by atoms with Crippen LogP contribution < -0.4 is 0 Å². The van der Waals surface area contributed by atoms with Gasteiger partial charge in [-0.25, -0.2) is 4.68 Å². The fraction of sp³-hybridized carbons (Fsp3) is 0.571. The molecule has 0 aromatic carbocycles. The van der Waals surface area contributed by atoms with Gasteiger partial charge in [0.15, 0.2) is 5.82 Å². The van der Waals surface area contributed by atoms with Crippen LogP contribution in [0.25, 0.3) is 0 Å². The molecule has 21 heavy (non-hydrogen) atoms. The molecule has 0 amide bonds. The molecule has 0 bridgehead atoms. The number of aliphatic carboxylic acids is 1. The SMILES string of the molecule is O=C(O)CC(C1CC1)n1nnnc1CCCc1cccs1. The van der Waals surface area contributed by atoms with Gasteiger partial charge in [-0.1, -0.05) is 6.07 Å². The van der Waals surface area contributed by atoms with Crippen LogP contribution >= 0.6 is 11.3 Å². The number of nitrogens with zero attached hydrogens (tertiary/aromatic N) is 4. The lowest BCUT2D eigenvalue weighted by atomic mass is 10.1. The second-order valence-electron chi connectivity index (χ2n) is 5.48. The predicted molar refractivity (Wildman–Crippen MR) is 78.2 cm³/mol. The molecule has 2 aromatic heterocycles. The lowest BCUT2D eigenvalue weighted by molar-refractivity contribution is -0.138. The molecule has 3 rings (SSSR count). The molecule has 1 atom stereocenters. The molecule has 2 aromatic rings. The highest BCUT2D eigenvalue weighted by atomic mass is 32.1. The van der Waals surface area contributed by atoms with Crippen molar-refractivity contribution in [3.8, 4) is 0 Å². The molecule has 1 aliphatic carbocycles. The van der Waals surface area contributed by atoms with Crippen LogP contribution in [0.15, 0.2) is 17.5 Å². The van der Waals surface area contributed by atoms with Crippen LogP contribution in [-0.4, -0.2) is 31.3 Å². The minimum absolute atomic E-state index is 0.0887. The van der Waals surface area contributed by atoms with Gasteiger partial charge < -0.3 is 5.11 Å². The van der Waals surface area contributed by atoms with Crippen molar-refractivity contribution in [1.82, 2.24) is 20.2 Å². The molecular weight excluding hydrogens is 288 g/mol. The van der Waals surface area contributed by atoms with E-state index < -0.39 is 5.97 Å². The van der Waals surface area contributed by atoms with Crippen molar-refractivity contribution in [2.45, 2.75) is 44.6 Å². The molecule has 0 spiro atoms. The number of tetrazole rings is 1. The summed E-state index contributed by atoms with van der Waals surface area (Å²) in [5.74, 6) is 0.442. The molecule has 0 saturated heterocycles. The van der Waals surface area contributed by atoms with Crippen LogP contribution in [0.3, 0.4) is 0 Å². The quantitative estimate of drug-likeness (QED) is 0.809. The van der Waals surface area contributed by atoms with E-state index in [9.17, 15) is 4.79 Å². The maximum absolute atomic E-state index is 11.0. The lowest BCUT2D eigenvalue weighted by Gasteiger charge is -2.15. The van der Waals surface area contributed by atoms with Crippen LogP contribution in [0.2, 0.25) is 0 Å². The zero-order valence-corrected chi connectivity index (χ0v) is 12.5. The van der Waals surface area contributed by atoms with Crippen molar-refractivity contribution >= 4 is 17.3 Å². The third-order valence-corrected chi connectivity index (χ3v) is 4.76. The van der Waals surface area contributed by atoms with E-state index in [1.807, 2.05) is 0 Å². The number of hydrogen-bond acceptors (Lipinski definition) is 5. The molecule has 0 aliphatic heterocycles. The maximum atomic E-state index is 11.0. The molecule has 7 heteroatoms. The Morgan fingerprint density at radius 1 is 1.48 bits per heavy atom. The molecule has 1 N–H and O–H groups in total. The molecule has 112 valence electrons. The van der Waals surface area contributed by atoms with Crippen LogP contribution in [-0.2, 0) is 17.6 Å². The fourth-order valence-corrected chi connectivity index (χ4v) is 3.37. The zero-order valence-electron chi connectivity index (χ0n) is 11.7. The van der Waals surface area contributed by atoms with Gasteiger partial charge in [0, 0.05) is 11.3 Å². The zero-order chi connectivity index (χ0) is 14.7. The van der Waals surface area contributed by atoms with E-state index in [-0.39, 0.29) is 12.5 Å². The Morgan fingerprint density at radius 2 is 2.33 bits per heavy atom. The van der Waals surface area contributed by atoms with E-state index >= 15 is 0 Å². The van der Waals surface area contributed by atoms with Crippen molar-refractivity contribution in [2.75, 3.05) is 0 Å². The number of aromatic nitrogens is 4. The minimum atomic E-state index is -0.785. The molecule has 0 radical (unpaired) electrons. The number of rotatable bonds is 8. The van der Waals surface area contributed by atoms with Crippen molar-refractivity contribution in [3.05, 3.63) is 28.2 Å². The Morgan fingerprint density at radius 3 is 3.00 bits per heavy atom. The minimum Gasteiger partial charge on any atom is -0.481 e. The third kappa shape index (κ3) is 3.66. The number of carbonyl (C=O) groups is 1. The topological polar surface area (TPSA) is 80.9 Å². The van der Waals surface area contributed by atoms with Crippen LogP contribution in [0, 0.1) is 5.92 Å². The summed E-state index contributed by atoms with van der Waals surface area (Å²) in [4.78, 5) is 12.4. The van der Waals surface area contributed by atoms with E-state index in [0.717, 1.165) is 37.9 Å². The molecular formula is C14H18N4O2S. The summed E-state index contributed by atoms with van der Waals surface area (Å²) in [6.07, 6.45) is 5.03. The van der Waals surface area contributed by atoms with Crippen molar-refractivity contribution < 1.29 is 9.90 Å². The highest BCUT2D eigenvalue weighted by Gasteiger charge is 2.36. The Bertz CT molecular complexity index is 592. The summed E-state index contributed by atoms with van der Waals surface area (Å²) in [5, 5.41) is 23.0. The van der Waals surface area contributed by atoms with Gasteiger partial charge in [0.25, 0.3) is 0 Å². The monoisotopic (exact) mass is 306 g/mol. The summed E-state index contributed by atoms with van der Waals surface area (Å²) in [6, 6.07) is 4.10. The highest BCUT2D eigenvalue weighted by molar-refractivity contribution is 7.09. The first kappa shape index (κ1) is 14.2. The van der Waals surface area contributed by atoms with Crippen LogP contribution in [0.1, 0.15) is 42.4 Å². The van der Waals surface area contributed by atoms with E-state index in [4.69, 9.17) is 5.11 Å². The van der Waals surface area contributed by atoms with E-state index in [2.05, 4.69) is 33.0 Å². The summed E-state index contributed by atoms with van der Waals surface area (Å²) in [7, 11) is 0. The van der Waals surface area contributed by atoms with Crippen LogP contribution in [0.4, 0.5) is 0 Å². The first-order chi connectivity index (χ1) is 10.2. The third-order valence-electron chi connectivity index (χ3n) is 3.83. The molecule has 6 nitrogen and oxygen atoms in total. The molecule has 1 fully saturated rings. The number of aryl methyl sites for hydroxylation is 2. The number of carboxylic acid groups (broad SMARTS) is 1. The van der Waals surface area contributed by atoms with Gasteiger partial charge in [-0.3, -0.25) is 4.79 Å². The standard InChI is InChI=1S/C14H18N4O2S/c19-14(20)9-12(10-6-7-10)18-13(15-16-17-18)5-1-3-11-4-2-8-21-11/h2,4,8,10,12H,1,3,5-7,9H2,(H,19,20). The van der Waals surface area contributed by atoms with Gasteiger partial charge in [0.1, 0.15) is 0 Å². The van der Waals surface area contributed by atoms with E-state index in [1.54, 1.807) is 16.0 Å². The molecule has 1 unspecified atom stereocenters. The number of carboxylic acids is 1. The maximum Gasteiger partial charge on any atom is 0.305 e. The molecule has 2 heterocycles. The van der Waals surface area contributed by atoms with E-state index in [1.165, 1.54) is 4.88 Å². The Balaban J connectivity index is 1.63. The Labute approximate surface area is 126 Å². The number of thiophene rings is 1. The second-order valence-corrected chi connectivity index (χ2v) is 6.51. The van der Waals surface area contributed by atoms with Gasteiger partial charge in [-0.05, 0) is 53.5 Å². The van der Waals surface area contributed by atoms with Gasteiger partial charge in [-0.15, -0.1) is 16.4 Å². The smallest absolute Gasteiger partial charge is 0.305 e. The first-order valence-corrected chi connectivity index (χ1v) is 8.13. The molecule has 1 saturated carbocycles. The van der Waals surface area contributed by atoms with Crippen LogP contribution in [0.5, 0.6) is 0 Å². The fourth-order valence-electron chi connectivity index (χ4n) is 2.62. The highest BCUT2D eigenvalue weighted by Crippen LogP contribution is 2.41. The van der Waals surface area contributed by atoms with Gasteiger partial charge in [0.2, 0.25) is 0 Å². The lowest BCUT2D eigenvalue weighted by Crippen LogP contribution is -2.19. The van der Waals surface area contributed by atoms with Gasteiger partial charge in [-0.2, -0.15) is 0 Å². The largest absolute Gasteiger partial charge is 0.481 e. The average molecular weight is 306 g/mol. The summed E-state index contributed by atoms with van der Waals surface area (Å²) < 4.78 is 1.75. The van der Waals surface area contributed by atoms with Gasteiger partial charge >= 0.3 is 5.97 Å². The average Bonchev–Trinajstić information content (AvgIpc) is 2.97. The van der Waals surface area contributed by atoms with Crippen molar-refractivity contribution in [2.24, 2.45) is 5.92 Å². The number of hydrogen-bond donors (Lipinski definition) is 1. The van der Waals surface area contributed by atoms with Crippen molar-refractivity contribution in [1.29, 1.82) is 0 Å². The predicted octanol–water partition coefficient (Wildman–Crippen LogP) is 2.34. The summed E-state index contributed by atoms with van der Waals surface area (Å²) >= 11 is 1.76. The first-order valence-electron chi connectivity index (χ1n) is 7.25. The van der Waals surface area contributed by atoms with Gasteiger partial charge in [0.05, 0.1) is 12.5 Å².